The molecule has 0 aliphatic carbocycles. The number of hydrogen-bond acceptors (Lipinski definition) is 4. The monoisotopic (exact) mass is 398 g/mol. The number of carbonyl (C=O) groups excluding carboxylic acids is 2. The van der Waals surface area contributed by atoms with Crippen LogP contribution in [0.15, 0.2) is 48.5 Å². The van der Waals surface area contributed by atoms with Crippen molar-refractivity contribution >= 4 is 17.5 Å². The number of benzene rings is 2. The molecule has 0 heterocycles. The lowest BCUT2D eigenvalue weighted by atomic mass is 9.98. The normalized spacial score (nSPS) is 11.6. The smallest absolute Gasteiger partial charge is 0.262 e. The molecule has 1 unspecified atom stereocenters. The Bertz CT molecular complexity index is 790. The molecule has 0 radical (unpaired) electrons. The molecule has 0 aromatic heterocycles. The van der Waals surface area contributed by atoms with E-state index in [1.807, 2.05) is 24.3 Å². The van der Waals surface area contributed by atoms with Crippen LogP contribution >= 0.6 is 0 Å². The molecule has 1 atom stereocenters. The third kappa shape index (κ3) is 7.23. The highest BCUT2D eigenvalue weighted by Crippen LogP contribution is 2.28. The zero-order valence-electron chi connectivity index (χ0n) is 17.4. The van der Waals surface area contributed by atoms with Crippen LogP contribution in [0.25, 0.3) is 0 Å². The molecule has 2 N–H and O–H groups in total. The molecule has 6 nitrogen and oxygen atoms in total. The van der Waals surface area contributed by atoms with Crippen molar-refractivity contribution in [2.45, 2.75) is 32.6 Å². The largest absolute Gasteiger partial charge is 0.483 e. The summed E-state index contributed by atoms with van der Waals surface area (Å²) in [6, 6.07) is 14.6. The second-order valence-corrected chi connectivity index (χ2v) is 6.86. The molecule has 2 rings (SSSR count). The van der Waals surface area contributed by atoms with Crippen molar-refractivity contribution in [3.8, 4) is 5.75 Å². The van der Waals surface area contributed by atoms with Gasteiger partial charge >= 0.3 is 0 Å². The maximum Gasteiger partial charge on any atom is 0.262 e. The molecule has 156 valence electrons. The Hall–Kier alpha value is -2.86. The first-order valence-corrected chi connectivity index (χ1v) is 9.94. The van der Waals surface area contributed by atoms with Crippen molar-refractivity contribution in [3.05, 3.63) is 59.7 Å². The van der Waals surface area contributed by atoms with Crippen LogP contribution in [0, 0.1) is 0 Å². The number of ether oxygens (including phenoxy) is 2. The number of anilines is 1. The van der Waals surface area contributed by atoms with Gasteiger partial charge in [0.15, 0.2) is 6.61 Å². The van der Waals surface area contributed by atoms with E-state index < -0.39 is 0 Å². The molecule has 2 aromatic rings. The van der Waals surface area contributed by atoms with Gasteiger partial charge in [-0.25, -0.2) is 0 Å². The number of methoxy groups -OCH3 is 1. The van der Waals surface area contributed by atoms with Crippen LogP contribution in [0.1, 0.15) is 48.5 Å². The predicted octanol–water partition coefficient (Wildman–Crippen LogP) is 3.98. The molecule has 0 saturated heterocycles. The number of nitrogens with one attached hydrogen (secondary N) is 2. The number of hydrogen-bond donors (Lipinski definition) is 2. The number of para-hydroxylation sites is 1. The Balaban J connectivity index is 1.85. The average Bonchev–Trinajstić information content (AvgIpc) is 2.75. The minimum atomic E-state index is -0.249. The van der Waals surface area contributed by atoms with Crippen LogP contribution in [-0.4, -0.2) is 38.7 Å². The quantitative estimate of drug-likeness (QED) is 0.561. The summed E-state index contributed by atoms with van der Waals surface area (Å²) in [5, 5.41) is 5.61. The van der Waals surface area contributed by atoms with E-state index in [4.69, 9.17) is 9.47 Å². The highest BCUT2D eigenvalue weighted by Gasteiger charge is 2.11. The fourth-order valence-corrected chi connectivity index (χ4v) is 2.80. The lowest BCUT2D eigenvalue weighted by Crippen LogP contribution is -2.25. The molecule has 0 saturated carbocycles. The summed E-state index contributed by atoms with van der Waals surface area (Å²) >= 11 is 0. The van der Waals surface area contributed by atoms with Crippen molar-refractivity contribution in [1.82, 2.24) is 5.32 Å². The Morgan fingerprint density at radius 2 is 1.79 bits per heavy atom. The third-order valence-corrected chi connectivity index (χ3v) is 4.66. The summed E-state index contributed by atoms with van der Waals surface area (Å²) in [6.45, 7) is 5.35. The summed E-state index contributed by atoms with van der Waals surface area (Å²) in [5.74, 6) is 0.699. The molecule has 0 aliphatic rings. The van der Waals surface area contributed by atoms with Gasteiger partial charge in [0.1, 0.15) is 5.75 Å². The van der Waals surface area contributed by atoms with Crippen LogP contribution in [0.4, 0.5) is 5.69 Å². The fourth-order valence-electron chi connectivity index (χ4n) is 2.80. The topological polar surface area (TPSA) is 76.7 Å². The first-order valence-electron chi connectivity index (χ1n) is 9.94. The molecular formula is C23H30N2O4. The summed E-state index contributed by atoms with van der Waals surface area (Å²) in [7, 11) is 1.63. The van der Waals surface area contributed by atoms with Crippen molar-refractivity contribution in [3.63, 3.8) is 0 Å². The van der Waals surface area contributed by atoms with Gasteiger partial charge in [-0.1, -0.05) is 32.0 Å². The van der Waals surface area contributed by atoms with Crippen LogP contribution in [0.2, 0.25) is 0 Å². The molecule has 2 aromatic carbocycles. The van der Waals surface area contributed by atoms with Crippen LogP contribution < -0.4 is 15.4 Å². The Morgan fingerprint density at radius 1 is 1.07 bits per heavy atom. The molecule has 2 amide bonds. The molecule has 6 heteroatoms. The van der Waals surface area contributed by atoms with E-state index in [2.05, 4.69) is 24.5 Å². The SMILES string of the molecule is CCC(C)c1ccccc1OCC(=O)Nc1ccc(C(=O)NCCCOC)cc1. The molecule has 29 heavy (non-hydrogen) atoms. The van der Waals surface area contributed by atoms with Crippen molar-refractivity contribution in [2.75, 3.05) is 32.2 Å². The summed E-state index contributed by atoms with van der Waals surface area (Å²) in [6.07, 6.45) is 1.76. The van der Waals surface area contributed by atoms with Gasteiger partial charge in [0.25, 0.3) is 11.8 Å². The van der Waals surface area contributed by atoms with Crippen LogP contribution in [0.5, 0.6) is 5.75 Å². The van der Waals surface area contributed by atoms with E-state index in [-0.39, 0.29) is 18.4 Å². The van der Waals surface area contributed by atoms with E-state index in [9.17, 15) is 9.59 Å². The van der Waals surface area contributed by atoms with Crippen molar-refractivity contribution in [1.29, 1.82) is 0 Å². The second kappa shape index (κ2) is 11.9. The maximum absolute atomic E-state index is 12.2. The zero-order chi connectivity index (χ0) is 21.1. The van der Waals surface area contributed by atoms with Crippen LogP contribution in [-0.2, 0) is 9.53 Å². The van der Waals surface area contributed by atoms with Crippen LogP contribution in [0.3, 0.4) is 0 Å². The first kappa shape index (κ1) is 22.4. The molecule has 0 fully saturated rings. The van der Waals surface area contributed by atoms with Gasteiger partial charge in [0.05, 0.1) is 0 Å². The van der Waals surface area contributed by atoms with Gasteiger partial charge in [-0.15, -0.1) is 0 Å². The Labute approximate surface area is 172 Å². The van der Waals surface area contributed by atoms with E-state index in [0.29, 0.717) is 30.3 Å². The highest BCUT2D eigenvalue weighted by atomic mass is 16.5. The lowest BCUT2D eigenvalue weighted by Gasteiger charge is -2.15. The van der Waals surface area contributed by atoms with Gasteiger partial charge < -0.3 is 20.1 Å². The maximum atomic E-state index is 12.2. The van der Waals surface area contributed by atoms with Gasteiger partial charge in [0.2, 0.25) is 0 Å². The first-order chi connectivity index (χ1) is 14.0. The highest BCUT2D eigenvalue weighted by molar-refractivity contribution is 5.96. The fraction of sp³-hybridized carbons (Fsp3) is 0.391. The number of amides is 2. The number of carbonyl (C=O) groups is 2. The van der Waals surface area contributed by atoms with Crippen molar-refractivity contribution < 1.29 is 19.1 Å². The second-order valence-electron chi connectivity index (χ2n) is 6.86. The Morgan fingerprint density at radius 3 is 2.48 bits per heavy atom. The summed E-state index contributed by atoms with van der Waals surface area (Å²) in [4.78, 5) is 24.3. The third-order valence-electron chi connectivity index (χ3n) is 4.66. The minimum Gasteiger partial charge on any atom is -0.483 e. The molecule has 0 bridgehead atoms. The number of rotatable bonds is 11. The van der Waals surface area contributed by atoms with E-state index >= 15 is 0 Å². The van der Waals surface area contributed by atoms with Gasteiger partial charge in [-0.05, 0) is 54.7 Å². The predicted molar refractivity (Wildman–Crippen MR) is 115 cm³/mol. The Kier molecular flexibility index (Phi) is 9.18. The van der Waals surface area contributed by atoms with E-state index in [1.54, 1.807) is 31.4 Å². The summed E-state index contributed by atoms with van der Waals surface area (Å²) < 4.78 is 10.7. The summed E-state index contributed by atoms with van der Waals surface area (Å²) in [5.41, 5.74) is 2.26. The molecule has 0 spiro atoms. The standard InChI is InChI=1S/C23H30N2O4/c1-4-17(2)20-8-5-6-9-21(20)29-16-22(26)25-19-12-10-18(11-13-19)23(27)24-14-7-15-28-3/h5-6,8-13,17H,4,7,14-16H2,1-3H3,(H,24,27)(H,25,26). The zero-order valence-corrected chi connectivity index (χ0v) is 17.4. The van der Waals surface area contributed by atoms with Crippen molar-refractivity contribution in [2.24, 2.45) is 0 Å². The van der Waals surface area contributed by atoms with Gasteiger partial charge in [-0.3, -0.25) is 9.59 Å². The van der Waals surface area contributed by atoms with E-state index in [0.717, 1.165) is 24.2 Å². The average molecular weight is 399 g/mol. The van der Waals surface area contributed by atoms with Gasteiger partial charge in [0, 0.05) is 31.5 Å². The molecule has 0 aliphatic heterocycles. The van der Waals surface area contributed by atoms with Gasteiger partial charge in [-0.2, -0.15) is 0 Å². The minimum absolute atomic E-state index is 0.0742. The lowest BCUT2D eigenvalue weighted by molar-refractivity contribution is -0.118. The molecular weight excluding hydrogens is 368 g/mol. The van der Waals surface area contributed by atoms with E-state index in [1.165, 1.54) is 0 Å².